The van der Waals surface area contributed by atoms with Crippen LogP contribution in [0.15, 0.2) is 47.3 Å². The van der Waals surface area contributed by atoms with E-state index in [0.717, 1.165) is 29.5 Å². The Morgan fingerprint density at radius 3 is 2.50 bits per heavy atom. The lowest BCUT2D eigenvalue weighted by atomic mass is 10.1. The summed E-state index contributed by atoms with van der Waals surface area (Å²) in [6, 6.07) is 10.3. The van der Waals surface area contributed by atoms with Crippen molar-refractivity contribution in [2.45, 2.75) is 19.3 Å². The van der Waals surface area contributed by atoms with E-state index in [1.54, 1.807) is 7.11 Å². The molecule has 2 N–H and O–H groups in total. The third-order valence-corrected chi connectivity index (χ3v) is 3.86. The van der Waals surface area contributed by atoms with E-state index < -0.39 is 17.3 Å². The number of alkyl halides is 3. The molecule has 1 heterocycles. The molecule has 0 aliphatic rings. The fraction of sp³-hybridized carbons (Fsp3) is 0.222. The quantitative estimate of drug-likeness (QED) is 0.730. The third kappa shape index (κ3) is 4.02. The van der Waals surface area contributed by atoms with Gasteiger partial charge in [-0.3, -0.25) is 4.79 Å². The Labute approximate surface area is 146 Å². The van der Waals surface area contributed by atoms with Crippen LogP contribution in [0.5, 0.6) is 5.75 Å². The molecule has 3 aromatic rings. The number of benzene rings is 2. The molecule has 3 rings (SSSR count). The second kappa shape index (κ2) is 7.17. The summed E-state index contributed by atoms with van der Waals surface area (Å²) in [4.78, 5) is 18.8. The Balaban J connectivity index is 1.75. The number of aromatic nitrogens is 2. The maximum absolute atomic E-state index is 12.8. The highest BCUT2D eigenvalue weighted by Crippen LogP contribution is 2.30. The standard InChI is InChI=1S/C18H16F3N3O2/c1-26-13-5-2-11(3-6-13)9-22-10-16-23-15-8-12(18(19,20)21)4-7-14(15)17(25)24-16/h2-8,22H,9-10H2,1H3,(H,23,24,25). The van der Waals surface area contributed by atoms with E-state index in [-0.39, 0.29) is 23.3 Å². The van der Waals surface area contributed by atoms with Crippen LogP contribution in [0.3, 0.4) is 0 Å². The summed E-state index contributed by atoms with van der Waals surface area (Å²) < 4.78 is 43.6. The van der Waals surface area contributed by atoms with Crippen molar-refractivity contribution in [3.8, 4) is 5.75 Å². The Hall–Kier alpha value is -2.87. The number of fused-ring (bicyclic) bond motifs is 1. The van der Waals surface area contributed by atoms with E-state index in [4.69, 9.17) is 4.74 Å². The topological polar surface area (TPSA) is 67.0 Å². The number of rotatable bonds is 5. The summed E-state index contributed by atoms with van der Waals surface area (Å²) in [5.74, 6) is 1.02. The minimum absolute atomic E-state index is 0.0184. The van der Waals surface area contributed by atoms with Crippen LogP contribution in [0.4, 0.5) is 13.2 Å². The number of aromatic amines is 1. The molecule has 1 aromatic heterocycles. The number of hydrogen-bond donors (Lipinski definition) is 2. The minimum atomic E-state index is -4.48. The second-order valence-corrected chi connectivity index (χ2v) is 5.69. The molecule has 0 atom stereocenters. The summed E-state index contributed by atoms with van der Waals surface area (Å²) in [6.07, 6.45) is -4.48. The van der Waals surface area contributed by atoms with E-state index >= 15 is 0 Å². The Morgan fingerprint density at radius 1 is 1.12 bits per heavy atom. The molecule has 26 heavy (non-hydrogen) atoms. The Bertz CT molecular complexity index is 966. The zero-order chi connectivity index (χ0) is 18.7. The molecule has 0 aliphatic heterocycles. The molecule has 0 aliphatic carbocycles. The molecule has 0 unspecified atom stereocenters. The van der Waals surface area contributed by atoms with Gasteiger partial charge >= 0.3 is 6.18 Å². The number of ether oxygens (including phenoxy) is 1. The molecule has 0 spiro atoms. The predicted molar refractivity (Wildman–Crippen MR) is 90.9 cm³/mol. The number of halogens is 3. The van der Waals surface area contributed by atoms with Gasteiger partial charge in [-0.05, 0) is 35.9 Å². The average molecular weight is 363 g/mol. The summed E-state index contributed by atoms with van der Waals surface area (Å²) in [7, 11) is 1.58. The average Bonchev–Trinajstić information content (AvgIpc) is 2.61. The van der Waals surface area contributed by atoms with Crippen LogP contribution in [0.1, 0.15) is 17.0 Å². The first-order valence-electron chi connectivity index (χ1n) is 7.80. The van der Waals surface area contributed by atoms with Gasteiger partial charge in [-0.15, -0.1) is 0 Å². The summed E-state index contributed by atoms with van der Waals surface area (Å²) in [5, 5.41) is 3.22. The van der Waals surface area contributed by atoms with Crippen LogP contribution in [0, 0.1) is 0 Å². The van der Waals surface area contributed by atoms with E-state index in [0.29, 0.717) is 6.54 Å². The number of hydrogen-bond acceptors (Lipinski definition) is 4. The van der Waals surface area contributed by atoms with Crippen LogP contribution in [0.25, 0.3) is 10.9 Å². The fourth-order valence-corrected chi connectivity index (χ4v) is 2.52. The Kier molecular flexibility index (Phi) is 4.94. The molecule has 0 bridgehead atoms. The molecule has 2 aromatic carbocycles. The third-order valence-electron chi connectivity index (χ3n) is 3.86. The number of nitrogens with one attached hydrogen (secondary N) is 2. The highest BCUT2D eigenvalue weighted by atomic mass is 19.4. The summed E-state index contributed by atoms with van der Waals surface area (Å²) in [5.41, 5.74) is -0.289. The summed E-state index contributed by atoms with van der Waals surface area (Å²) in [6.45, 7) is 0.724. The lowest BCUT2D eigenvalue weighted by Crippen LogP contribution is -2.19. The summed E-state index contributed by atoms with van der Waals surface area (Å²) >= 11 is 0. The zero-order valence-electron chi connectivity index (χ0n) is 13.9. The monoisotopic (exact) mass is 363 g/mol. The van der Waals surface area contributed by atoms with Crippen molar-refractivity contribution in [3.05, 3.63) is 69.8 Å². The van der Waals surface area contributed by atoms with Gasteiger partial charge in [0.05, 0.1) is 30.1 Å². The van der Waals surface area contributed by atoms with Gasteiger partial charge in [0.15, 0.2) is 0 Å². The molecular weight excluding hydrogens is 347 g/mol. The maximum atomic E-state index is 12.8. The van der Waals surface area contributed by atoms with E-state index in [1.807, 2.05) is 24.3 Å². The van der Waals surface area contributed by atoms with E-state index in [2.05, 4.69) is 15.3 Å². The van der Waals surface area contributed by atoms with Crippen LogP contribution in [0.2, 0.25) is 0 Å². The van der Waals surface area contributed by atoms with Crippen LogP contribution in [-0.4, -0.2) is 17.1 Å². The largest absolute Gasteiger partial charge is 0.497 e. The van der Waals surface area contributed by atoms with Crippen LogP contribution < -0.4 is 15.6 Å². The first kappa shape index (κ1) is 17.9. The van der Waals surface area contributed by atoms with E-state index in [1.165, 1.54) is 0 Å². The number of nitrogens with zero attached hydrogens (tertiary/aromatic N) is 1. The normalized spacial score (nSPS) is 11.7. The zero-order valence-corrected chi connectivity index (χ0v) is 13.9. The highest BCUT2D eigenvalue weighted by Gasteiger charge is 2.30. The van der Waals surface area contributed by atoms with Gasteiger partial charge in [0, 0.05) is 6.54 Å². The first-order chi connectivity index (χ1) is 12.4. The SMILES string of the molecule is COc1ccc(CNCc2nc3cc(C(F)(F)F)ccc3c(=O)[nH]2)cc1. The van der Waals surface area contributed by atoms with Crippen molar-refractivity contribution >= 4 is 10.9 Å². The van der Waals surface area contributed by atoms with Gasteiger partial charge in [0.2, 0.25) is 0 Å². The molecule has 0 amide bonds. The van der Waals surface area contributed by atoms with Gasteiger partial charge < -0.3 is 15.0 Å². The van der Waals surface area contributed by atoms with Crippen molar-refractivity contribution < 1.29 is 17.9 Å². The van der Waals surface area contributed by atoms with Crippen molar-refractivity contribution in [2.75, 3.05) is 7.11 Å². The van der Waals surface area contributed by atoms with E-state index in [9.17, 15) is 18.0 Å². The van der Waals surface area contributed by atoms with Crippen LogP contribution in [-0.2, 0) is 19.3 Å². The van der Waals surface area contributed by atoms with Gasteiger partial charge in [-0.1, -0.05) is 12.1 Å². The molecule has 5 nitrogen and oxygen atoms in total. The van der Waals surface area contributed by atoms with Crippen molar-refractivity contribution in [1.82, 2.24) is 15.3 Å². The highest BCUT2D eigenvalue weighted by molar-refractivity contribution is 5.78. The molecule has 8 heteroatoms. The van der Waals surface area contributed by atoms with Gasteiger partial charge in [0.1, 0.15) is 11.6 Å². The molecule has 0 fully saturated rings. The molecule has 0 radical (unpaired) electrons. The molecule has 0 saturated heterocycles. The van der Waals surface area contributed by atoms with Crippen LogP contribution >= 0.6 is 0 Å². The molecule has 0 saturated carbocycles. The number of H-pyrrole nitrogens is 1. The van der Waals surface area contributed by atoms with Crippen molar-refractivity contribution in [1.29, 1.82) is 0 Å². The van der Waals surface area contributed by atoms with Gasteiger partial charge in [-0.2, -0.15) is 13.2 Å². The molecular formula is C18H16F3N3O2. The minimum Gasteiger partial charge on any atom is -0.497 e. The van der Waals surface area contributed by atoms with Gasteiger partial charge in [-0.25, -0.2) is 4.98 Å². The molecule has 136 valence electrons. The first-order valence-corrected chi connectivity index (χ1v) is 7.80. The second-order valence-electron chi connectivity index (χ2n) is 5.69. The van der Waals surface area contributed by atoms with Crippen molar-refractivity contribution in [2.24, 2.45) is 0 Å². The Morgan fingerprint density at radius 2 is 1.85 bits per heavy atom. The number of methoxy groups -OCH3 is 1. The lowest BCUT2D eigenvalue weighted by Gasteiger charge is -2.09. The lowest BCUT2D eigenvalue weighted by molar-refractivity contribution is -0.137. The van der Waals surface area contributed by atoms with Gasteiger partial charge in [0.25, 0.3) is 5.56 Å². The van der Waals surface area contributed by atoms with Crippen molar-refractivity contribution in [3.63, 3.8) is 0 Å². The maximum Gasteiger partial charge on any atom is 0.416 e. The predicted octanol–water partition coefficient (Wildman–Crippen LogP) is 3.24. The fourth-order valence-electron chi connectivity index (χ4n) is 2.52. The smallest absolute Gasteiger partial charge is 0.416 e.